The van der Waals surface area contributed by atoms with E-state index in [4.69, 9.17) is 4.74 Å². The molecule has 6 nitrogen and oxygen atoms in total. The highest BCUT2D eigenvalue weighted by Gasteiger charge is 2.33. The summed E-state index contributed by atoms with van der Waals surface area (Å²) in [6.45, 7) is 6.41. The minimum atomic E-state index is -0.383. The minimum absolute atomic E-state index is 0.123. The van der Waals surface area contributed by atoms with Crippen LogP contribution in [-0.2, 0) is 11.8 Å². The number of nitrogens with zero attached hydrogens (tertiary/aromatic N) is 2. The van der Waals surface area contributed by atoms with E-state index < -0.39 is 0 Å². The number of benzene rings is 1. The number of fused-ring (bicyclic) bond motifs is 1. The zero-order valence-corrected chi connectivity index (χ0v) is 17.1. The fourth-order valence-electron chi connectivity index (χ4n) is 3.29. The Morgan fingerprint density at radius 3 is 2.93 bits per heavy atom. The van der Waals surface area contributed by atoms with E-state index in [1.807, 2.05) is 31.3 Å². The average molecular weight is 400 g/mol. The lowest BCUT2D eigenvalue weighted by molar-refractivity contribution is -0.116. The molecule has 148 valence electrons. The third-order valence-electron chi connectivity index (χ3n) is 4.68. The van der Waals surface area contributed by atoms with Crippen molar-refractivity contribution in [1.29, 1.82) is 0 Å². The fourth-order valence-corrected chi connectivity index (χ4v) is 3.99. The average Bonchev–Trinajstić information content (AvgIpc) is 2.69. The van der Waals surface area contributed by atoms with Gasteiger partial charge in [0.05, 0.1) is 12.2 Å². The van der Waals surface area contributed by atoms with Crippen LogP contribution in [0.25, 0.3) is 0 Å². The summed E-state index contributed by atoms with van der Waals surface area (Å²) in [6.07, 6.45) is 3.93. The smallest absolute Gasteiger partial charge is 0.279 e. The molecule has 1 N–H and O–H groups in total. The predicted molar refractivity (Wildman–Crippen MR) is 112 cm³/mol. The second-order valence-electron chi connectivity index (χ2n) is 6.67. The van der Waals surface area contributed by atoms with Gasteiger partial charge in [0, 0.05) is 30.7 Å². The highest BCUT2D eigenvalue weighted by atomic mass is 32.2. The summed E-state index contributed by atoms with van der Waals surface area (Å²) in [7, 11) is 1.81. The van der Waals surface area contributed by atoms with Crippen LogP contribution in [0.1, 0.15) is 43.2 Å². The maximum atomic E-state index is 12.9. The molecule has 1 aromatic carbocycles. The van der Waals surface area contributed by atoms with E-state index in [0.29, 0.717) is 34.6 Å². The molecule has 1 amide bonds. The van der Waals surface area contributed by atoms with Crippen LogP contribution in [0.4, 0.5) is 5.82 Å². The molecule has 1 atom stereocenters. The molecule has 7 heteroatoms. The van der Waals surface area contributed by atoms with Crippen LogP contribution in [0.3, 0.4) is 0 Å². The van der Waals surface area contributed by atoms with Crippen molar-refractivity contribution in [3.05, 3.63) is 58.4 Å². The number of hydrogen-bond donors (Lipinski definition) is 1. The molecule has 0 fully saturated rings. The molecule has 0 saturated carbocycles. The number of aromatic nitrogens is 2. The van der Waals surface area contributed by atoms with Crippen molar-refractivity contribution in [2.75, 3.05) is 17.7 Å². The van der Waals surface area contributed by atoms with Gasteiger partial charge in [-0.15, -0.1) is 6.58 Å². The normalized spacial score (nSPS) is 15.6. The quantitative estimate of drug-likeness (QED) is 0.317. The predicted octanol–water partition coefficient (Wildman–Crippen LogP) is 3.71. The van der Waals surface area contributed by atoms with Gasteiger partial charge in [0.25, 0.3) is 5.56 Å². The summed E-state index contributed by atoms with van der Waals surface area (Å²) in [5.41, 5.74) is 1.05. The van der Waals surface area contributed by atoms with E-state index in [-0.39, 0.29) is 23.8 Å². The van der Waals surface area contributed by atoms with Crippen LogP contribution < -0.4 is 15.6 Å². The lowest BCUT2D eigenvalue weighted by atomic mass is 9.86. The van der Waals surface area contributed by atoms with Gasteiger partial charge in [-0.1, -0.05) is 49.4 Å². The van der Waals surface area contributed by atoms with Crippen LogP contribution in [-0.4, -0.2) is 27.8 Å². The van der Waals surface area contributed by atoms with Crippen LogP contribution in [0.15, 0.2) is 46.9 Å². The Labute approximate surface area is 169 Å². The molecular formula is C21H25N3O3S. The highest BCUT2D eigenvalue weighted by Crippen LogP contribution is 2.39. The van der Waals surface area contributed by atoms with Gasteiger partial charge in [0.1, 0.15) is 11.6 Å². The van der Waals surface area contributed by atoms with Crippen molar-refractivity contribution in [3.63, 3.8) is 0 Å². The number of unbranched alkanes of at least 4 members (excludes halogenated alkanes) is 1. The van der Waals surface area contributed by atoms with Gasteiger partial charge in [0.2, 0.25) is 5.91 Å². The Hall–Kier alpha value is -2.54. The third-order valence-corrected chi connectivity index (χ3v) is 5.71. The lowest BCUT2D eigenvalue weighted by Crippen LogP contribution is -2.33. The first kappa shape index (κ1) is 20.2. The zero-order chi connectivity index (χ0) is 20.1. The Bertz CT molecular complexity index is 939. The van der Waals surface area contributed by atoms with E-state index in [1.165, 1.54) is 11.8 Å². The SMILES string of the molecule is C=CCSc1nc(=O)c2c(n1C)NC(=O)C[C@@H]2c1ccccc1OCCCC. The monoisotopic (exact) mass is 399 g/mol. The molecule has 1 aromatic heterocycles. The first-order valence-electron chi connectivity index (χ1n) is 9.43. The molecule has 0 spiro atoms. The number of amides is 1. The van der Waals surface area contributed by atoms with Crippen LogP contribution in [0.2, 0.25) is 0 Å². The van der Waals surface area contributed by atoms with Gasteiger partial charge in [-0.05, 0) is 12.5 Å². The lowest BCUT2D eigenvalue weighted by Gasteiger charge is -2.28. The molecule has 0 unspecified atom stereocenters. The van der Waals surface area contributed by atoms with Crippen molar-refractivity contribution in [2.45, 2.75) is 37.3 Å². The van der Waals surface area contributed by atoms with E-state index in [2.05, 4.69) is 23.8 Å². The number of para-hydroxylation sites is 1. The van der Waals surface area contributed by atoms with E-state index in [1.54, 1.807) is 10.6 Å². The molecule has 1 aliphatic rings. The second kappa shape index (κ2) is 9.10. The van der Waals surface area contributed by atoms with Gasteiger partial charge in [-0.2, -0.15) is 4.98 Å². The van der Waals surface area contributed by atoms with E-state index >= 15 is 0 Å². The summed E-state index contributed by atoms with van der Waals surface area (Å²) >= 11 is 1.41. The standard InChI is InChI=1S/C21H25N3O3S/c1-4-6-11-27-16-10-8-7-9-14(16)15-13-17(25)22-19-18(15)20(26)23-21(24(19)3)28-12-5-2/h5,7-10,15H,2,4,6,11-13H2,1,3H3,(H,22,25)/t15-/m1/s1. The summed E-state index contributed by atoms with van der Waals surface area (Å²) < 4.78 is 7.73. The number of anilines is 1. The summed E-state index contributed by atoms with van der Waals surface area (Å²) in [6, 6.07) is 7.62. The second-order valence-corrected chi connectivity index (χ2v) is 7.65. The Morgan fingerprint density at radius 2 is 2.18 bits per heavy atom. The van der Waals surface area contributed by atoms with Gasteiger partial charge in [0.15, 0.2) is 5.16 Å². The van der Waals surface area contributed by atoms with Gasteiger partial charge < -0.3 is 14.6 Å². The number of hydrogen-bond acceptors (Lipinski definition) is 5. The van der Waals surface area contributed by atoms with Crippen molar-refractivity contribution in [3.8, 4) is 5.75 Å². The maximum Gasteiger partial charge on any atom is 0.279 e. The molecule has 3 rings (SSSR count). The molecular weight excluding hydrogens is 374 g/mol. The molecule has 28 heavy (non-hydrogen) atoms. The first-order valence-corrected chi connectivity index (χ1v) is 10.4. The van der Waals surface area contributed by atoms with Gasteiger partial charge >= 0.3 is 0 Å². The van der Waals surface area contributed by atoms with Crippen molar-refractivity contribution < 1.29 is 9.53 Å². The maximum absolute atomic E-state index is 12.9. The number of carbonyl (C=O) groups excluding carboxylic acids is 1. The van der Waals surface area contributed by atoms with Crippen LogP contribution in [0.5, 0.6) is 5.75 Å². The minimum Gasteiger partial charge on any atom is -0.493 e. The number of rotatable bonds is 8. The largest absolute Gasteiger partial charge is 0.493 e. The van der Waals surface area contributed by atoms with Gasteiger partial charge in [-0.25, -0.2) is 0 Å². The zero-order valence-electron chi connectivity index (χ0n) is 16.2. The molecule has 2 heterocycles. The van der Waals surface area contributed by atoms with Crippen molar-refractivity contribution in [2.24, 2.45) is 7.05 Å². The summed E-state index contributed by atoms with van der Waals surface area (Å²) in [5, 5.41) is 3.41. The molecule has 0 saturated heterocycles. The van der Waals surface area contributed by atoms with Crippen molar-refractivity contribution in [1.82, 2.24) is 9.55 Å². The van der Waals surface area contributed by atoms with E-state index in [0.717, 1.165) is 18.4 Å². The van der Waals surface area contributed by atoms with E-state index in [9.17, 15) is 9.59 Å². The van der Waals surface area contributed by atoms with Crippen LogP contribution in [0, 0.1) is 0 Å². The highest BCUT2D eigenvalue weighted by molar-refractivity contribution is 7.99. The van der Waals surface area contributed by atoms with Gasteiger partial charge in [-0.3, -0.25) is 9.59 Å². The summed E-state index contributed by atoms with van der Waals surface area (Å²) in [4.78, 5) is 29.6. The number of carbonyl (C=O) groups is 1. The number of ether oxygens (including phenoxy) is 1. The Balaban J connectivity index is 2.07. The summed E-state index contributed by atoms with van der Waals surface area (Å²) in [5.74, 6) is 1.35. The third kappa shape index (κ3) is 4.14. The van der Waals surface area contributed by atoms with Crippen molar-refractivity contribution >= 4 is 23.5 Å². The van der Waals surface area contributed by atoms with Crippen LogP contribution >= 0.6 is 11.8 Å². The molecule has 0 aliphatic carbocycles. The molecule has 2 aromatic rings. The first-order chi connectivity index (χ1) is 13.6. The molecule has 1 aliphatic heterocycles. The molecule has 0 radical (unpaired) electrons. The fraction of sp³-hybridized carbons (Fsp3) is 0.381. The Kier molecular flexibility index (Phi) is 6.57. The number of nitrogens with one attached hydrogen (secondary N) is 1. The molecule has 0 bridgehead atoms. The Morgan fingerprint density at radius 1 is 1.39 bits per heavy atom. The topological polar surface area (TPSA) is 73.2 Å². The number of thioether (sulfide) groups is 1.